The lowest BCUT2D eigenvalue weighted by Gasteiger charge is -2.21. The maximum absolute atomic E-state index is 12.1. The van der Waals surface area contributed by atoms with Gasteiger partial charge in [0.25, 0.3) is 0 Å². The zero-order valence-electron chi connectivity index (χ0n) is 12.0. The molecule has 0 saturated heterocycles. The normalized spacial score (nSPS) is 11.8. The largest absolute Gasteiger partial charge is 0.469 e. The van der Waals surface area contributed by atoms with E-state index in [2.05, 4.69) is 4.74 Å². The molecule has 2 N–H and O–H groups in total. The number of hydrogen-bond acceptors (Lipinski definition) is 4. The van der Waals surface area contributed by atoms with E-state index in [1.54, 1.807) is 11.9 Å². The lowest BCUT2D eigenvalue weighted by atomic mass is 10.1. The summed E-state index contributed by atoms with van der Waals surface area (Å²) in [4.78, 5) is 24.6. The number of carbonyl (C=O) groups excluding carboxylic acids is 2. The highest BCUT2D eigenvalue weighted by molar-refractivity contribution is 5.81. The molecule has 1 rings (SSSR count). The number of nitrogens with zero attached hydrogens (tertiary/aromatic N) is 1. The molecule has 0 saturated carbocycles. The SMILES string of the molecule is COC(=O)CCCN(C)C(=O)[C@@H](N)Cc1ccccc1. The Morgan fingerprint density at radius 2 is 1.95 bits per heavy atom. The minimum absolute atomic E-state index is 0.112. The fraction of sp³-hybridized carbons (Fsp3) is 0.467. The van der Waals surface area contributed by atoms with Gasteiger partial charge in [0.1, 0.15) is 0 Å². The Hall–Kier alpha value is -1.88. The molecule has 110 valence electrons. The van der Waals surface area contributed by atoms with Crippen molar-refractivity contribution >= 4 is 11.9 Å². The third-order valence-corrected chi connectivity index (χ3v) is 3.09. The van der Waals surface area contributed by atoms with Crippen LogP contribution in [0.1, 0.15) is 18.4 Å². The average molecular weight is 278 g/mol. The van der Waals surface area contributed by atoms with Crippen molar-refractivity contribution in [3.63, 3.8) is 0 Å². The van der Waals surface area contributed by atoms with Gasteiger partial charge in [-0.15, -0.1) is 0 Å². The van der Waals surface area contributed by atoms with Crippen LogP contribution in [0.5, 0.6) is 0 Å². The maximum Gasteiger partial charge on any atom is 0.305 e. The van der Waals surface area contributed by atoms with Gasteiger partial charge in [-0.05, 0) is 18.4 Å². The van der Waals surface area contributed by atoms with Crippen molar-refractivity contribution in [1.82, 2.24) is 4.90 Å². The summed E-state index contributed by atoms with van der Waals surface area (Å²) in [5.74, 6) is -0.377. The first-order valence-electron chi connectivity index (χ1n) is 6.66. The molecule has 20 heavy (non-hydrogen) atoms. The van der Waals surface area contributed by atoms with Crippen LogP contribution in [0.3, 0.4) is 0 Å². The topological polar surface area (TPSA) is 72.6 Å². The number of methoxy groups -OCH3 is 1. The van der Waals surface area contributed by atoms with E-state index < -0.39 is 6.04 Å². The molecule has 0 spiro atoms. The lowest BCUT2D eigenvalue weighted by Crippen LogP contribution is -2.43. The van der Waals surface area contributed by atoms with Crippen molar-refractivity contribution in [1.29, 1.82) is 0 Å². The Kier molecular flexibility index (Phi) is 6.73. The average Bonchev–Trinajstić information content (AvgIpc) is 2.47. The van der Waals surface area contributed by atoms with Gasteiger partial charge in [0.2, 0.25) is 5.91 Å². The van der Waals surface area contributed by atoms with Crippen LogP contribution >= 0.6 is 0 Å². The van der Waals surface area contributed by atoms with Gasteiger partial charge in [0.05, 0.1) is 13.2 Å². The van der Waals surface area contributed by atoms with Gasteiger partial charge in [-0.2, -0.15) is 0 Å². The van der Waals surface area contributed by atoms with Crippen LogP contribution < -0.4 is 5.73 Å². The number of benzene rings is 1. The molecule has 5 heteroatoms. The van der Waals surface area contributed by atoms with Crippen molar-refractivity contribution < 1.29 is 14.3 Å². The number of nitrogens with two attached hydrogens (primary N) is 1. The predicted octanol–water partition coefficient (Wildman–Crippen LogP) is 0.968. The van der Waals surface area contributed by atoms with E-state index in [-0.39, 0.29) is 11.9 Å². The molecule has 0 aliphatic heterocycles. The standard InChI is InChI=1S/C15H22N2O3/c1-17(10-6-9-14(18)20-2)15(19)13(16)11-12-7-4-3-5-8-12/h3-5,7-8,13H,6,9-11,16H2,1-2H3/t13-/m0/s1. The minimum atomic E-state index is -0.555. The summed E-state index contributed by atoms with van der Waals surface area (Å²) in [5.41, 5.74) is 6.96. The number of hydrogen-bond donors (Lipinski definition) is 1. The van der Waals surface area contributed by atoms with Crippen LogP contribution in [-0.2, 0) is 20.7 Å². The smallest absolute Gasteiger partial charge is 0.305 e. The van der Waals surface area contributed by atoms with Gasteiger partial charge in [0.15, 0.2) is 0 Å². The molecule has 0 radical (unpaired) electrons. The van der Waals surface area contributed by atoms with Gasteiger partial charge in [-0.25, -0.2) is 0 Å². The number of esters is 1. The van der Waals surface area contributed by atoms with Crippen LogP contribution in [0.2, 0.25) is 0 Å². The Morgan fingerprint density at radius 1 is 1.30 bits per heavy atom. The number of amides is 1. The second-order valence-electron chi connectivity index (χ2n) is 4.74. The van der Waals surface area contributed by atoms with Crippen molar-refractivity contribution in [2.75, 3.05) is 20.7 Å². The van der Waals surface area contributed by atoms with Gasteiger partial charge in [-0.1, -0.05) is 30.3 Å². The number of ether oxygens (including phenoxy) is 1. The van der Waals surface area contributed by atoms with Crippen molar-refractivity contribution in [3.8, 4) is 0 Å². The van der Waals surface area contributed by atoms with Crippen LogP contribution in [0.15, 0.2) is 30.3 Å². The molecule has 1 aromatic carbocycles. The molecule has 0 fully saturated rings. The fourth-order valence-corrected chi connectivity index (χ4v) is 1.91. The highest BCUT2D eigenvalue weighted by atomic mass is 16.5. The monoisotopic (exact) mass is 278 g/mol. The van der Waals surface area contributed by atoms with Gasteiger partial charge in [0, 0.05) is 20.0 Å². The molecule has 1 atom stereocenters. The molecule has 5 nitrogen and oxygen atoms in total. The van der Waals surface area contributed by atoms with Gasteiger partial charge >= 0.3 is 5.97 Å². The third-order valence-electron chi connectivity index (χ3n) is 3.09. The second kappa shape index (κ2) is 8.32. The predicted molar refractivity (Wildman–Crippen MR) is 77.0 cm³/mol. The second-order valence-corrected chi connectivity index (χ2v) is 4.74. The number of rotatable bonds is 7. The van der Waals surface area contributed by atoms with Crippen LogP contribution in [0, 0.1) is 0 Å². The molecule has 0 heterocycles. The van der Waals surface area contributed by atoms with E-state index in [0.29, 0.717) is 25.8 Å². The summed E-state index contributed by atoms with van der Waals surface area (Å²) in [6.45, 7) is 0.496. The Labute approximate surface area is 119 Å². The van der Waals surface area contributed by atoms with Crippen molar-refractivity contribution in [2.24, 2.45) is 5.73 Å². The zero-order valence-corrected chi connectivity index (χ0v) is 12.0. The summed E-state index contributed by atoms with van der Waals surface area (Å²) in [6.07, 6.45) is 1.40. The molecule has 0 unspecified atom stereocenters. The zero-order chi connectivity index (χ0) is 15.0. The van der Waals surface area contributed by atoms with E-state index >= 15 is 0 Å². The molecule has 1 aromatic rings. The van der Waals surface area contributed by atoms with Crippen LogP contribution in [0.4, 0.5) is 0 Å². The first kappa shape index (κ1) is 16.2. The molecule has 0 aliphatic rings. The number of carbonyl (C=O) groups is 2. The van der Waals surface area contributed by atoms with Crippen LogP contribution in [-0.4, -0.2) is 43.5 Å². The molecule has 0 bridgehead atoms. The van der Waals surface area contributed by atoms with Crippen molar-refractivity contribution in [2.45, 2.75) is 25.3 Å². The highest BCUT2D eigenvalue weighted by Crippen LogP contribution is 2.04. The summed E-state index contributed by atoms with van der Waals surface area (Å²) in [7, 11) is 3.05. The van der Waals surface area contributed by atoms with Gasteiger partial charge in [-0.3, -0.25) is 9.59 Å². The molecule has 0 aromatic heterocycles. The Morgan fingerprint density at radius 3 is 2.55 bits per heavy atom. The van der Waals surface area contributed by atoms with Crippen LogP contribution in [0.25, 0.3) is 0 Å². The molecule has 1 amide bonds. The molecule has 0 aliphatic carbocycles. The summed E-state index contributed by atoms with van der Waals surface area (Å²) < 4.78 is 4.55. The molecular weight excluding hydrogens is 256 g/mol. The Bertz CT molecular complexity index is 434. The summed E-state index contributed by atoms with van der Waals surface area (Å²) >= 11 is 0. The molecular formula is C15H22N2O3. The summed E-state index contributed by atoms with van der Waals surface area (Å²) in [5, 5.41) is 0. The van der Waals surface area contributed by atoms with E-state index in [1.165, 1.54) is 7.11 Å². The first-order valence-corrected chi connectivity index (χ1v) is 6.66. The number of likely N-dealkylation sites (N-methyl/N-ethyl adjacent to an activating group) is 1. The van der Waals surface area contributed by atoms with E-state index in [1.807, 2.05) is 30.3 Å². The van der Waals surface area contributed by atoms with E-state index in [4.69, 9.17) is 5.73 Å². The minimum Gasteiger partial charge on any atom is -0.469 e. The third kappa shape index (κ3) is 5.40. The van der Waals surface area contributed by atoms with Crippen molar-refractivity contribution in [3.05, 3.63) is 35.9 Å². The fourth-order valence-electron chi connectivity index (χ4n) is 1.91. The quantitative estimate of drug-likeness (QED) is 0.754. The summed E-state index contributed by atoms with van der Waals surface area (Å²) in [6, 6.07) is 9.12. The maximum atomic E-state index is 12.1. The van der Waals surface area contributed by atoms with Gasteiger partial charge < -0.3 is 15.4 Å². The van der Waals surface area contributed by atoms with E-state index in [0.717, 1.165) is 5.56 Å². The Balaban J connectivity index is 2.38. The lowest BCUT2D eigenvalue weighted by molar-refractivity contribution is -0.141. The van der Waals surface area contributed by atoms with E-state index in [9.17, 15) is 9.59 Å². The first-order chi connectivity index (χ1) is 9.54. The highest BCUT2D eigenvalue weighted by Gasteiger charge is 2.18.